The zero-order valence-electron chi connectivity index (χ0n) is 4.58. The topological polar surface area (TPSA) is 57.5 Å². The van der Waals surface area contributed by atoms with Crippen molar-refractivity contribution in [1.29, 1.82) is 0 Å². The number of carbonyl (C=O) groups excluding carboxylic acids is 1. The Hall–Kier alpha value is -0.410. The highest BCUT2D eigenvalue weighted by Gasteiger charge is 1.99. The van der Waals surface area contributed by atoms with E-state index in [0.29, 0.717) is 12.7 Å². The van der Waals surface area contributed by atoms with Crippen LogP contribution in [0.25, 0.3) is 0 Å². The predicted molar refractivity (Wildman–Crippen MR) is 28.4 cm³/mol. The van der Waals surface area contributed by atoms with Crippen molar-refractivity contribution in [2.45, 2.75) is 18.9 Å². The van der Waals surface area contributed by atoms with E-state index in [9.17, 15) is 4.79 Å². The van der Waals surface area contributed by atoms with Crippen molar-refractivity contribution in [1.82, 2.24) is 0 Å². The normalized spacial score (nSPS) is 13.2. The van der Waals surface area contributed by atoms with E-state index in [2.05, 4.69) is 0 Å². The third-order valence-corrected chi connectivity index (χ3v) is 0.831. The lowest BCUT2D eigenvalue weighted by Gasteiger charge is -2.00. The third-order valence-electron chi connectivity index (χ3n) is 0.831. The van der Waals surface area contributed by atoms with E-state index in [-0.39, 0.29) is 13.0 Å². The predicted octanol–water partition coefficient (Wildman–Crippen LogP) is -0.681. The summed E-state index contributed by atoms with van der Waals surface area (Å²) in [6.07, 6.45) is 0.400. The molecule has 0 aromatic carbocycles. The first-order valence-corrected chi connectivity index (χ1v) is 2.53. The number of aliphatic hydroxyl groups is 2. The van der Waals surface area contributed by atoms with E-state index in [1.807, 2.05) is 0 Å². The SMILES string of the molecule is O=CC[C@H](O)CCO. The van der Waals surface area contributed by atoms with Gasteiger partial charge in [-0.1, -0.05) is 0 Å². The molecule has 0 aliphatic carbocycles. The first-order valence-electron chi connectivity index (χ1n) is 2.53. The minimum Gasteiger partial charge on any atom is -0.396 e. The van der Waals surface area contributed by atoms with Gasteiger partial charge in [-0.15, -0.1) is 0 Å². The van der Waals surface area contributed by atoms with Crippen LogP contribution in [0.5, 0.6) is 0 Å². The molecule has 0 unspecified atom stereocenters. The Morgan fingerprint density at radius 2 is 2.25 bits per heavy atom. The van der Waals surface area contributed by atoms with Gasteiger partial charge in [-0.3, -0.25) is 0 Å². The summed E-state index contributed by atoms with van der Waals surface area (Å²) in [6.45, 7) is -0.0605. The summed E-state index contributed by atoms with van der Waals surface area (Å²) in [4.78, 5) is 9.65. The molecule has 0 radical (unpaired) electrons. The molecular weight excluding hydrogens is 108 g/mol. The van der Waals surface area contributed by atoms with E-state index in [4.69, 9.17) is 10.2 Å². The van der Waals surface area contributed by atoms with Gasteiger partial charge >= 0.3 is 0 Å². The number of hydrogen-bond donors (Lipinski definition) is 2. The lowest BCUT2D eigenvalue weighted by Crippen LogP contribution is -2.08. The van der Waals surface area contributed by atoms with E-state index < -0.39 is 6.10 Å². The van der Waals surface area contributed by atoms with Gasteiger partial charge < -0.3 is 15.0 Å². The summed E-state index contributed by atoms with van der Waals surface area (Å²) >= 11 is 0. The summed E-state index contributed by atoms with van der Waals surface area (Å²) in [5, 5.41) is 16.8. The highest BCUT2D eigenvalue weighted by molar-refractivity contribution is 5.49. The highest BCUT2D eigenvalue weighted by atomic mass is 16.3. The molecule has 0 fully saturated rings. The second-order valence-corrected chi connectivity index (χ2v) is 1.57. The van der Waals surface area contributed by atoms with Crippen LogP contribution in [-0.4, -0.2) is 29.2 Å². The van der Waals surface area contributed by atoms with Crippen LogP contribution in [0.3, 0.4) is 0 Å². The summed E-state index contributed by atoms with van der Waals surface area (Å²) < 4.78 is 0. The molecule has 48 valence electrons. The van der Waals surface area contributed by atoms with E-state index in [1.165, 1.54) is 0 Å². The number of carbonyl (C=O) groups is 1. The third kappa shape index (κ3) is 3.77. The second kappa shape index (κ2) is 4.74. The Balaban J connectivity index is 3.03. The number of aldehydes is 1. The van der Waals surface area contributed by atoms with Gasteiger partial charge in [-0.05, 0) is 6.42 Å². The summed E-state index contributed by atoms with van der Waals surface area (Å²) in [5.74, 6) is 0. The van der Waals surface area contributed by atoms with Crippen LogP contribution < -0.4 is 0 Å². The molecular formula is C5H10O3. The first kappa shape index (κ1) is 7.59. The van der Waals surface area contributed by atoms with Crippen molar-refractivity contribution in [3.8, 4) is 0 Å². The number of aliphatic hydroxyl groups excluding tert-OH is 2. The van der Waals surface area contributed by atoms with Gasteiger partial charge in [0.1, 0.15) is 6.29 Å². The zero-order chi connectivity index (χ0) is 6.41. The first-order chi connectivity index (χ1) is 3.81. The average Bonchev–Trinajstić information content (AvgIpc) is 1.68. The van der Waals surface area contributed by atoms with Crippen LogP contribution in [0.4, 0.5) is 0 Å². The molecule has 0 saturated heterocycles. The van der Waals surface area contributed by atoms with Gasteiger partial charge in [0.05, 0.1) is 6.10 Å². The minimum atomic E-state index is -0.655. The summed E-state index contributed by atoms with van der Waals surface area (Å²) in [7, 11) is 0. The monoisotopic (exact) mass is 118 g/mol. The number of rotatable bonds is 4. The largest absolute Gasteiger partial charge is 0.396 e. The van der Waals surface area contributed by atoms with Crippen molar-refractivity contribution >= 4 is 6.29 Å². The molecule has 8 heavy (non-hydrogen) atoms. The Kier molecular flexibility index (Phi) is 4.50. The van der Waals surface area contributed by atoms with Gasteiger partial charge in [-0.2, -0.15) is 0 Å². The average molecular weight is 118 g/mol. The molecule has 1 atom stereocenters. The molecule has 0 aromatic rings. The van der Waals surface area contributed by atoms with Crippen LogP contribution in [-0.2, 0) is 4.79 Å². The highest BCUT2D eigenvalue weighted by Crippen LogP contribution is 1.91. The molecule has 3 nitrogen and oxygen atoms in total. The molecule has 2 N–H and O–H groups in total. The van der Waals surface area contributed by atoms with Crippen LogP contribution in [0, 0.1) is 0 Å². The molecule has 0 spiro atoms. The lowest BCUT2D eigenvalue weighted by atomic mass is 10.2. The van der Waals surface area contributed by atoms with E-state index in [0.717, 1.165) is 0 Å². The van der Waals surface area contributed by atoms with E-state index in [1.54, 1.807) is 0 Å². The minimum absolute atomic E-state index is 0.0605. The second-order valence-electron chi connectivity index (χ2n) is 1.57. The van der Waals surface area contributed by atoms with Crippen molar-refractivity contribution in [3.63, 3.8) is 0 Å². The van der Waals surface area contributed by atoms with Gasteiger partial charge in [0.15, 0.2) is 0 Å². The molecule has 0 aliphatic heterocycles. The Morgan fingerprint density at radius 3 is 2.62 bits per heavy atom. The maximum absolute atomic E-state index is 9.65. The van der Waals surface area contributed by atoms with Gasteiger partial charge in [0.2, 0.25) is 0 Å². The fraction of sp³-hybridized carbons (Fsp3) is 0.800. The standard InChI is InChI=1S/C5H10O3/c6-3-1-5(8)2-4-7/h3,5,7-8H,1-2,4H2/t5-/m0/s1. The zero-order valence-corrected chi connectivity index (χ0v) is 4.58. The summed E-state index contributed by atoms with van der Waals surface area (Å²) in [6, 6.07) is 0. The van der Waals surface area contributed by atoms with Crippen LogP contribution in [0.15, 0.2) is 0 Å². The Labute approximate surface area is 47.9 Å². The van der Waals surface area contributed by atoms with Gasteiger partial charge in [0, 0.05) is 13.0 Å². The number of hydrogen-bond acceptors (Lipinski definition) is 3. The van der Waals surface area contributed by atoms with Crippen molar-refractivity contribution < 1.29 is 15.0 Å². The summed E-state index contributed by atoms with van der Waals surface area (Å²) in [5.41, 5.74) is 0. The van der Waals surface area contributed by atoms with Crippen LogP contribution in [0.2, 0.25) is 0 Å². The molecule has 3 heteroatoms. The van der Waals surface area contributed by atoms with Crippen molar-refractivity contribution in [3.05, 3.63) is 0 Å². The fourth-order valence-electron chi connectivity index (χ4n) is 0.378. The van der Waals surface area contributed by atoms with Crippen molar-refractivity contribution in [2.75, 3.05) is 6.61 Å². The smallest absolute Gasteiger partial charge is 0.122 e. The molecule has 0 rings (SSSR count). The van der Waals surface area contributed by atoms with Crippen LogP contribution >= 0.6 is 0 Å². The molecule has 0 bridgehead atoms. The quantitative estimate of drug-likeness (QED) is 0.481. The molecule has 0 aromatic heterocycles. The van der Waals surface area contributed by atoms with Gasteiger partial charge in [-0.25, -0.2) is 0 Å². The fourth-order valence-corrected chi connectivity index (χ4v) is 0.378. The lowest BCUT2D eigenvalue weighted by molar-refractivity contribution is -0.109. The van der Waals surface area contributed by atoms with Gasteiger partial charge in [0.25, 0.3) is 0 Å². The van der Waals surface area contributed by atoms with Crippen molar-refractivity contribution in [2.24, 2.45) is 0 Å². The molecule has 0 saturated carbocycles. The Morgan fingerprint density at radius 1 is 1.62 bits per heavy atom. The molecule has 0 heterocycles. The Bertz CT molecular complexity index is 62.7. The molecule has 0 aliphatic rings. The molecule has 0 amide bonds. The van der Waals surface area contributed by atoms with E-state index >= 15 is 0 Å². The maximum atomic E-state index is 9.65. The van der Waals surface area contributed by atoms with Crippen LogP contribution in [0.1, 0.15) is 12.8 Å². The maximum Gasteiger partial charge on any atom is 0.122 e.